The van der Waals surface area contributed by atoms with Gasteiger partial charge in [0.15, 0.2) is 0 Å². The van der Waals surface area contributed by atoms with Crippen LogP contribution in [0.3, 0.4) is 0 Å². The summed E-state index contributed by atoms with van der Waals surface area (Å²) in [5.41, 5.74) is 1.41. The number of amides is 1. The molecule has 0 bridgehead atoms. The van der Waals surface area contributed by atoms with Gasteiger partial charge in [-0.1, -0.05) is 12.1 Å². The number of carbonyl (C=O) groups is 2. The first-order chi connectivity index (χ1) is 17.3. The lowest BCUT2D eigenvalue weighted by Gasteiger charge is -2.25. The molecule has 1 amide bonds. The third kappa shape index (κ3) is 4.21. The first kappa shape index (κ1) is 23.3. The number of imidazole rings is 1. The maximum Gasteiger partial charge on any atom is 0.295 e. The molecule has 0 saturated carbocycles. The summed E-state index contributed by atoms with van der Waals surface area (Å²) in [5.74, 6) is -1.17. The minimum absolute atomic E-state index is 0.00309. The number of ether oxygens (including phenoxy) is 1. The van der Waals surface area contributed by atoms with Crippen molar-refractivity contribution in [3.05, 3.63) is 93.6 Å². The Labute approximate surface area is 206 Å². The van der Waals surface area contributed by atoms with Crippen LogP contribution in [0.5, 0.6) is 5.75 Å². The van der Waals surface area contributed by atoms with Crippen molar-refractivity contribution in [1.82, 2.24) is 14.5 Å². The molecule has 1 aromatic heterocycles. The summed E-state index contributed by atoms with van der Waals surface area (Å²) < 4.78 is 7.58. The van der Waals surface area contributed by atoms with Gasteiger partial charge in [-0.15, -0.1) is 0 Å². The van der Waals surface area contributed by atoms with Crippen LogP contribution in [-0.4, -0.2) is 48.8 Å². The molecule has 10 heteroatoms. The molecule has 2 aliphatic rings. The first-order valence-electron chi connectivity index (χ1n) is 11.6. The molecule has 2 atom stereocenters. The van der Waals surface area contributed by atoms with Crippen molar-refractivity contribution in [2.24, 2.45) is 0 Å². The van der Waals surface area contributed by atoms with E-state index in [4.69, 9.17) is 4.74 Å². The number of benzene rings is 2. The van der Waals surface area contributed by atoms with Crippen LogP contribution >= 0.6 is 0 Å². The number of ketones is 1. The Morgan fingerprint density at radius 3 is 2.81 bits per heavy atom. The molecule has 1 N–H and O–H groups in total. The van der Waals surface area contributed by atoms with Crippen LogP contribution in [-0.2, 0) is 22.6 Å². The summed E-state index contributed by atoms with van der Waals surface area (Å²) in [6, 6.07) is 9.98. The second-order valence-electron chi connectivity index (χ2n) is 8.95. The first-order valence-corrected chi connectivity index (χ1v) is 11.6. The third-order valence-corrected chi connectivity index (χ3v) is 6.48. The van der Waals surface area contributed by atoms with Crippen LogP contribution in [0.2, 0.25) is 0 Å². The van der Waals surface area contributed by atoms with E-state index in [0.717, 1.165) is 5.56 Å². The maximum atomic E-state index is 13.2. The highest BCUT2D eigenvalue weighted by atomic mass is 16.6. The Morgan fingerprint density at radius 1 is 1.22 bits per heavy atom. The molecule has 2 aliphatic heterocycles. The average Bonchev–Trinajstić information content (AvgIpc) is 3.57. The normalized spacial score (nSPS) is 20.4. The smallest absolute Gasteiger partial charge is 0.295 e. The topological polar surface area (TPSA) is 128 Å². The summed E-state index contributed by atoms with van der Waals surface area (Å²) in [6.07, 6.45) is 6.28. The Kier molecular flexibility index (Phi) is 6.01. The van der Waals surface area contributed by atoms with E-state index in [9.17, 15) is 24.8 Å². The molecule has 36 heavy (non-hydrogen) atoms. The van der Waals surface area contributed by atoms with Gasteiger partial charge < -0.3 is 19.3 Å². The quantitative estimate of drug-likeness (QED) is 0.177. The number of nitro benzene ring substituents is 1. The van der Waals surface area contributed by atoms with Gasteiger partial charge in [0.05, 0.1) is 22.9 Å². The number of non-ortho nitro benzene ring substituents is 1. The third-order valence-electron chi connectivity index (χ3n) is 6.48. The number of aromatic nitrogens is 2. The molecule has 1 saturated heterocycles. The number of nitrogens with zero attached hydrogens (tertiary/aromatic N) is 4. The van der Waals surface area contributed by atoms with Crippen molar-refractivity contribution in [1.29, 1.82) is 0 Å². The Morgan fingerprint density at radius 2 is 2.06 bits per heavy atom. The molecular weight excluding hydrogens is 464 g/mol. The zero-order valence-electron chi connectivity index (χ0n) is 19.5. The lowest BCUT2D eigenvalue weighted by atomic mass is 9.94. The van der Waals surface area contributed by atoms with E-state index in [0.29, 0.717) is 36.3 Å². The summed E-state index contributed by atoms with van der Waals surface area (Å²) in [5, 5.41) is 22.7. The molecule has 1 fully saturated rings. The van der Waals surface area contributed by atoms with E-state index >= 15 is 0 Å². The van der Waals surface area contributed by atoms with Gasteiger partial charge in [-0.2, -0.15) is 0 Å². The molecular formula is C26H24N4O6. The number of rotatable bonds is 7. The Hall–Kier alpha value is -4.47. The molecule has 0 aliphatic carbocycles. The molecule has 10 nitrogen and oxygen atoms in total. The van der Waals surface area contributed by atoms with Crippen LogP contribution in [0, 0.1) is 10.1 Å². The molecule has 5 rings (SSSR count). The predicted octanol–water partition coefficient (Wildman–Crippen LogP) is 3.63. The molecule has 3 aromatic rings. The second-order valence-corrected chi connectivity index (χ2v) is 8.95. The lowest BCUT2D eigenvalue weighted by Crippen LogP contribution is -2.31. The van der Waals surface area contributed by atoms with Gasteiger partial charge in [-0.05, 0) is 42.7 Å². The zero-order chi connectivity index (χ0) is 25.4. The van der Waals surface area contributed by atoms with Gasteiger partial charge >= 0.3 is 0 Å². The van der Waals surface area contributed by atoms with Crippen molar-refractivity contribution in [3.8, 4) is 5.75 Å². The number of Topliss-reactive ketones (excluding diaryl/α,β-unsaturated/α-hetero) is 1. The number of aliphatic hydroxyl groups excluding tert-OH is 1. The fourth-order valence-corrected chi connectivity index (χ4v) is 4.83. The molecule has 3 heterocycles. The SMILES string of the molecule is CC1Cc2cc(C(O)=C3C(=O)C(=O)N(CCCn4ccnc4)C3c3cccc([N+](=O)[O-])c3)ccc2O1. The number of aryl methyl sites for hydroxylation is 1. The number of carbonyl (C=O) groups excluding carboxylic acids is 2. The van der Waals surface area contributed by atoms with Gasteiger partial charge in [0.2, 0.25) is 0 Å². The van der Waals surface area contributed by atoms with Crippen molar-refractivity contribution >= 4 is 23.1 Å². The van der Waals surface area contributed by atoms with Crippen molar-refractivity contribution in [3.63, 3.8) is 0 Å². The van der Waals surface area contributed by atoms with Crippen LogP contribution in [0.25, 0.3) is 5.76 Å². The Bertz CT molecular complexity index is 1380. The van der Waals surface area contributed by atoms with Crippen LogP contribution in [0.4, 0.5) is 5.69 Å². The summed E-state index contributed by atoms with van der Waals surface area (Å²) in [7, 11) is 0. The number of hydrogen-bond donors (Lipinski definition) is 1. The molecule has 2 unspecified atom stereocenters. The molecule has 2 aromatic carbocycles. The van der Waals surface area contributed by atoms with Gasteiger partial charge in [0, 0.05) is 49.6 Å². The largest absolute Gasteiger partial charge is 0.507 e. The van der Waals surface area contributed by atoms with E-state index in [1.807, 2.05) is 11.5 Å². The van der Waals surface area contributed by atoms with Crippen molar-refractivity contribution < 1.29 is 24.4 Å². The van der Waals surface area contributed by atoms with E-state index in [-0.39, 0.29) is 29.7 Å². The molecule has 184 valence electrons. The number of fused-ring (bicyclic) bond motifs is 1. The number of hydrogen-bond acceptors (Lipinski definition) is 7. The van der Waals surface area contributed by atoms with E-state index in [1.165, 1.54) is 23.1 Å². The van der Waals surface area contributed by atoms with E-state index in [1.54, 1.807) is 43.0 Å². The lowest BCUT2D eigenvalue weighted by molar-refractivity contribution is -0.384. The van der Waals surface area contributed by atoms with Gasteiger partial charge in [-0.25, -0.2) is 4.98 Å². The zero-order valence-corrected chi connectivity index (χ0v) is 19.5. The van der Waals surface area contributed by atoms with Crippen LogP contribution in [0.1, 0.15) is 36.1 Å². The fraction of sp³-hybridized carbons (Fsp3) is 0.269. The number of aliphatic hydroxyl groups is 1. The molecule has 0 spiro atoms. The van der Waals surface area contributed by atoms with Gasteiger partial charge in [0.25, 0.3) is 17.4 Å². The van der Waals surface area contributed by atoms with Gasteiger partial charge in [-0.3, -0.25) is 19.7 Å². The fourth-order valence-electron chi connectivity index (χ4n) is 4.83. The van der Waals surface area contributed by atoms with Crippen LogP contribution in [0.15, 0.2) is 66.8 Å². The van der Waals surface area contributed by atoms with Crippen molar-refractivity contribution in [2.75, 3.05) is 6.54 Å². The monoisotopic (exact) mass is 488 g/mol. The van der Waals surface area contributed by atoms with Crippen LogP contribution < -0.4 is 4.74 Å². The number of nitro groups is 1. The summed E-state index contributed by atoms with van der Waals surface area (Å²) >= 11 is 0. The predicted molar refractivity (Wildman–Crippen MR) is 129 cm³/mol. The molecule has 0 radical (unpaired) electrons. The minimum Gasteiger partial charge on any atom is -0.507 e. The minimum atomic E-state index is -0.962. The standard InChI is InChI=1S/C26H24N4O6/c1-16-12-19-13-18(6-7-21(19)36-16)24(31)22-23(17-4-2-5-20(14-17)30(34)35)29(26(33)25(22)32)10-3-9-28-11-8-27-15-28/h2,4-8,11,13-16,23,31H,3,9-10,12H2,1H3. The summed E-state index contributed by atoms with van der Waals surface area (Å²) in [4.78, 5) is 42.6. The van der Waals surface area contributed by atoms with E-state index in [2.05, 4.69) is 4.98 Å². The average molecular weight is 489 g/mol. The van der Waals surface area contributed by atoms with Crippen molar-refractivity contribution in [2.45, 2.75) is 38.5 Å². The highest BCUT2D eigenvalue weighted by molar-refractivity contribution is 6.46. The summed E-state index contributed by atoms with van der Waals surface area (Å²) in [6.45, 7) is 2.72. The second kappa shape index (κ2) is 9.29. The van der Waals surface area contributed by atoms with Gasteiger partial charge in [0.1, 0.15) is 17.6 Å². The Balaban J connectivity index is 1.56. The highest BCUT2D eigenvalue weighted by Crippen LogP contribution is 2.41. The highest BCUT2D eigenvalue weighted by Gasteiger charge is 2.46. The maximum absolute atomic E-state index is 13.2. The number of likely N-dealkylation sites (tertiary alicyclic amines) is 1. The van der Waals surface area contributed by atoms with E-state index < -0.39 is 22.7 Å².